The molecule has 0 saturated carbocycles. The Labute approximate surface area is 123 Å². The van der Waals surface area contributed by atoms with E-state index in [9.17, 15) is 23.1 Å². The zero-order valence-corrected chi connectivity index (χ0v) is 12.5. The minimum absolute atomic E-state index is 0.130. The number of amides is 1. The zero-order valence-electron chi connectivity index (χ0n) is 11.7. The highest BCUT2D eigenvalue weighted by atomic mass is 32.2. The fraction of sp³-hybridized carbons (Fsp3) is 0.429. The molecule has 1 aromatic rings. The standard InChI is InChI=1S/C14H17NO5S/c1-2-21(19,20)9-13(16)15-8-11-6-4-3-5-10(11)7-12(15)14(17)18/h3-6,12H,2,7-9H2,1H3,(H,17,18)/t12-/m1/s1. The molecule has 6 nitrogen and oxygen atoms in total. The molecular formula is C14H17NO5S. The number of fused-ring (bicyclic) bond motifs is 1. The molecule has 1 aromatic carbocycles. The normalized spacial score (nSPS) is 18.1. The molecule has 0 spiro atoms. The van der Waals surface area contributed by atoms with Crippen molar-refractivity contribution in [3.63, 3.8) is 0 Å². The van der Waals surface area contributed by atoms with Crippen LogP contribution in [0.5, 0.6) is 0 Å². The largest absolute Gasteiger partial charge is 0.480 e. The predicted molar refractivity (Wildman–Crippen MR) is 76.4 cm³/mol. The molecule has 7 heteroatoms. The Kier molecular flexibility index (Phi) is 4.32. The average molecular weight is 311 g/mol. The highest BCUT2D eigenvalue weighted by Gasteiger charge is 2.35. The smallest absolute Gasteiger partial charge is 0.326 e. The van der Waals surface area contributed by atoms with Gasteiger partial charge in [0.25, 0.3) is 0 Å². The number of carbonyl (C=O) groups is 2. The molecular weight excluding hydrogens is 294 g/mol. The van der Waals surface area contributed by atoms with Crippen LogP contribution in [0.2, 0.25) is 0 Å². The second-order valence-electron chi connectivity index (χ2n) is 5.03. The fourth-order valence-electron chi connectivity index (χ4n) is 2.38. The van der Waals surface area contributed by atoms with E-state index in [1.54, 1.807) is 0 Å². The molecule has 0 saturated heterocycles. The molecule has 1 aliphatic rings. The number of nitrogens with zero attached hydrogens (tertiary/aromatic N) is 1. The Morgan fingerprint density at radius 3 is 2.48 bits per heavy atom. The summed E-state index contributed by atoms with van der Waals surface area (Å²) in [7, 11) is -3.48. The third-order valence-corrected chi connectivity index (χ3v) is 5.20. The summed E-state index contributed by atoms with van der Waals surface area (Å²) in [6.07, 6.45) is 0.198. The number of carboxylic acid groups (broad SMARTS) is 1. The minimum atomic E-state index is -3.48. The van der Waals surface area contributed by atoms with Gasteiger partial charge in [0.2, 0.25) is 5.91 Å². The lowest BCUT2D eigenvalue weighted by atomic mass is 9.94. The van der Waals surface area contributed by atoms with Crippen molar-refractivity contribution in [1.29, 1.82) is 0 Å². The molecule has 1 amide bonds. The molecule has 0 bridgehead atoms. The van der Waals surface area contributed by atoms with Crippen LogP contribution in [0.3, 0.4) is 0 Å². The Bertz CT molecular complexity index is 668. The second-order valence-corrected chi connectivity index (χ2v) is 7.38. The van der Waals surface area contributed by atoms with Crippen molar-refractivity contribution < 1.29 is 23.1 Å². The van der Waals surface area contributed by atoms with Crippen LogP contribution in [-0.4, -0.2) is 47.8 Å². The van der Waals surface area contributed by atoms with Crippen molar-refractivity contribution in [2.45, 2.75) is 25.9 Å². The summed E-state index contributed by atoms with van der Waals surface area (Å²) in [5.41, 5.74) is 1.74. The third kappa shape index (κ3) is 3.41. The van der Waals surface area contributed by atoms with E-state index in [1.165, 1.54) is 6.92 Å². The third-order valence-electron chi connectivity index (χ3n) is 3.64. The van der Waals surface area contributed by atoms with Crippen LogP contribution in [-0.2, 0) is 32.4 Å². The van der Waals surface area contributed by atoms with E-state index in [-0.39, 0.29) is 18.7 Å². The van der Waals surface area contributed by atoms with Crippen molar-refractivity contribution >= 4 is 21.7 Å². The fourth-order valence-corrected chi connectivity index (χ4v) is 3.13. The van der Waals surface area contributed by atoms with Gasteiger partial charge in [-0.3, -0.25) is 4.79 Å². The lowest BCUT2D eigenvalue weighted by Gasteiger charge is -2.34. The number of hydrogen-bond acceptors (Lipinski definition) is 4. The van der Waals surface area contributed by atoms with Crippen molar-refractivity contribution in [2.24, 2.45) is 0 Å². The minimum Gasteiger partial charge on any atom is -0.480 e. The second kappa shape index (κ2) is 5.85. The summed E-state index contributed by atoms with van der Waals surface area (Å²) in [5, 5.41) is 9.30. The number of carboxylic acids is 1. The van der Waals surface area contributed by atoms with Gasteiger partial charge in [-0.05, 0) is 11.1 Å². The molecule has 1 atom stereocenters. The first kappa shape index (κ1) is 15.5. The molecule has 0 fully saturated rings. The maximum absolute atomic E-state index is 12.2. The van der Waals surface area contributed by atoms with Gasteiger partial charge in [-0.25, -0.2) is 13.2 Å². The number of benzene rings is 1. The average Bonchev–Trinajstić information content (AvgIpc) is 2.45. The summed E-state index contributed by atoms with van der Waals surface area (Å²) < 4.78 is 23.2. The van der Waals surface area contributed by atoms with Crippen LogP contribution < -0.4 is 0 Å². The van der Waals surface area contributed by atoms with Crippen molar-refractivity contribution in [1.82, 2.24) is 4.90 Å². The Morgan fingerprint density at radius 2 is 1.90 bits per heavy atom. The molecule has 114 valence electrons. The maximum Gasteiger partial charge on any atom is 0.326 e. The molecule has 1 N–H and O–H groups in total. The van der Waals surface area contributed by atoms with Crippen molar-refractivity contribution in [2.75, 3.05) is 11.5 Å². The summed E-state index contributed by atoms with van der Waals surface area (Å²) >= 11 is 0. The molecule has 1 aliphatic heterocycles. The highest BCUT2D eigenvalue weighted by Crippen LogP contribution is 2.23. The summed E-state index contributed by atoms with van der Waals surface area (Å²) in [5.74, 6) is -2.55. The molecule has 0 aliphatic carbocycles. The van der Waals surface area contributed by atoms with Gasteiger partial charge in [0.15, 0.2) is 9.84 Å². The summed E-state index contributed by atoms with van der Waals surface area (Å²) in [4.78, 5) is 24.7. The van der Waals surface area contributed by atoms with Crippen LogP contribution in [0.15, 0.2) is 24.3 Å². The van der Waals surface area contributed by atoms with Gasteiger partial charge in [-0.1, -0.05) is 31.2 Å². The van der Waals surface area contributed by atoms with Crippen LogP contribution in [0.1, 0.15) is 18.1 Å². The Hall–Kier alpha value is -1.89. The lowest BCUT2D eigenvalue weighted by molar-refractivity contribution is -0.150. The molecule has 0 aromatic heterocycles. The van der Waals surface area contributed by atoms with Gasteiger partial charge in [0.1, 0.15) is 11.8 Å². The predicted octanol–water partition coefficient (Wildman–Crippen LogP) is 0.459. The molecule has 2 rings (SSSR count). The van der Waals surface area contributed by atoms with Gasteiger partial charge in [-0.2, -0.15) is 0 Å². The van der Waals surface area contributed by atoms with Gasteiger partial charge in [-0.15, -0.1) is 0 Å². The van der Waals surface area contributed by atoms with Crippen LogP contribution >= 0.6 is 0 Å². The first-order valence-electron chi connectivity index (χ1n) is 6.63. The maximum atomic E-state index is 12.2. The van der Waals surface area contributed by atoms with E-state index in [4.69, 9.17) is 0 Å². The van der Waals surface area contributed by atoms with Gasteiger partial charge in [0, 0.05) is 18.7 Å². The SMILES string of the molecule is CCS(=O)(=O)CC(=O)N1Cc2ccccc2C[C@@H]1C(=O)O. The first-order chi connectivity index (χ1) is 9.84. The lowest BCUT2D eigenvalue weighted by Crippen LogP contribution is -2.50. The van der Waals surface area contributed by atoms with E-state index in [0.29, 0.717) is 0 Å². The van der Waals surface area contributed by atoms with E-state index in [2.05, 4.69) is 0 Å². The topological polar surface area (TPSA) is 91.8 Å². The van der Waals surface area contributed by atoms with E-state index < -0.39 is 33.5 Å². The number of sulfone groups is 1. The van der Waals surface area contributed by atoms with E-state index >= 15 is 0 Å². The number of carbonyl (C=O) groups excluding carboxylic acids is 1. The molecule has 1 heterocycles. The first-order valence-corrected chi connectivity index (χ1v) is 8.45. The van der Waals surface area contributed by atoms with Gasteiger partial charge >= 0.3 is 5.97 Å². The molecule has 0 unspecified atom stereocenters. The summed E-state index contributed by atoms with van der Waals surface area (Å²) in [6.45, 7) is 1.59. The van der Waals surface area contributed by atoms with Crippen LogP contribution in [0.4, 0.5) is 0 Å². The van der Waals surface area contributed by atoms with Crippen molar-refractivity contribution in [3.8, 4) is 0 Å². The Morgan fingerprint density at radius 1 is 1.29 bits per heavy atom. The zero-order chi connectivity index (χ0) is 15.6. The number of aliphatic carboxylic acids is 1. The molecule has 0 radical (unpaired) electrons. The molecule has 21 heavy (non-hydrogen) atoms. The highest BCUT2D eigenvalue weighted by molar-refractivity contribution is 7.92. The number of rotatable bonds is 4. The van der Waals surface area contributed by atoms with Crippen LogP contribution in [0, 0.1) is 0 Å². The number of hydrogen-bond donors (Lipinski definition) is 1. The van der Waals surface area contributed by atoms with Gasteiger partial charge in [0.05, 0.1) is 0 Å². The quantitative estimate of drug-likeness (QED) is 0.872. The van der Waals surface area contributed by atoms with E-state index in [0.717, 1.165) is 16.0 Å². The van der Waals surface area contributed by atoms with Crippen molar-refractivity contribution in [3.05, 3.63) is 35.4 Å². The monoisotopic (exact) mass is 311 g/mol. The van der Waals surface area contributed by atoms with E-state index in [1.807, 2.05) is 24.3 Å². The van der Waals surface area contributed by atoms with Crippen LogP contribution in [0.25, 0.3) is 0 Å². The van der Waals surface area contributed by atoms with Gasteiger partial charge < -0.3 is 10.0 Å². The summed E-state index contributed by atoms with van der Waals surface area (Å²) in [6, 6.07) is 6.26. The Balaban J connectivity index is 2.29.